The highest BCUT2D eigenvalue weighted by Crippen LogP contribution is 2.32. The minimum Gasteiger partial charge on any atom is -0.497 e. The molecule has 0 aliphatic heterocycles. The number of para-hydroxylation sites is 1. The maximum Gasteiger partial charge on any atom is 0.298 e. The SMILES string of the molecule is CCn1c2ccccc2c2cc(NC(=O)C(=O)c3c(-c4ccc(OC)cc4)cc4ccccn34)ccc21. The Morgan fingerprint density at radius 1 is 0.838 bits per heavy atom. The molecule has 1 amide bonds. The second-order valence-corrected chi connectivity index (χ2v) is 8.91. The summed E-state index contributed by atoms with van der Waals surface area (Å²) in [6.45, 7) is 2.95. The largest absolute Gasteiger partial charge is 0.497 e. The normalized spacial score (nSPS) is 11.3. The minimum absolute atomic E-state index is 0.321. The summed E-state index contributed by atoms with van der Waals surface area (Å²) in [6, 6.07) is 29.0. The molecule has 3 aromatic heterocycles. The van der Waals surface area contributed by atoms with Gasteiger partial charge in [0.2, 0.25) is 0 Å². The average molecular weight is 488 g/mol. The fourth-order valence-electron chi connectivity index (χ4n) is 5.11. The van der Waals surface area contributed by atoms with Gasteiger partial charge >= 0.3 is 0 Å². The van der Waals surface area contributed by atoms with Gasteiger partial charge in [-0.05, 0) is 67.1 Å². The summed E-state index contributed by atoms with van der Waals surface area (Å²) in [5.74, 6) is -0.566. The summed E-state index contributed by atoms with van der Waals surface area (Å²) in [4.78, 5) is 26.9. The van der Waals surface area contributed by atoms with Crippen molar-refractivity contribution in [2.45, 2.75) is 13.5 Å². The molecule has 6 aromatic rings. The van der Waals surface area contributed by atoms with Gasteiger partial charge in [-0.15, -0.1) is 0 Å². The zero-order valence-electron chi connectivity index (χ0n) is 20.6. The Bertz CT molecular complexity index is 1810. The number of aryl methyl sites for hydroxylation is 1. The van der Waals surface area contributed by atoms with Crippen LogP contribution in [0.2, 0.25) is 0 Å². The van der Waals surface area contributed by atoms with Crippen LogP contribution in [0.3, 0.4) is 0 Å². The molecule has 0 fully saturated rings. The number of amides is 1. The molecule has 0 saturated carbocycles. The Hall–Kier alpha value is -4.84. The van der Waals surface area contributed by atoms with Crippen LogP contribution in [-0.2, 0) is 11.3 Å². The molecule has 0 radical (unpaired) electrons. The van der Waals surface area contributed by atoms with Gasteiger partial charge in [0.05, 0.1) is 7.11 Å². The van der Waals surface area contributed by atoms with Crippen molar-refractivity contribution in [2.75, 3.05) is 12.4 Å². The molecule has 6 nitrogen and oxygen atoms in total. The van der Waals surface area contributed by atoms with Crippen molar-refractivity contribution >= 4 is 44.7 Å². The maximum absolute atomic E-state index is 13.6. The lowest BCUT2D eigenvalue weighted by Gasteiger charge is -2.09. The average Bonchev–Trinajstić information content (AvgIpc) is 3.48. The highest BCUT2D eigenvalue weighted by molar-refractivity contribution is 6.47. The number of ketones is 1. The smallest absolute Gasteiger partial charge is 0.298 e. The van der Waals surface area contributed by atoms with Gasteiger partial charge in [-0.1, -0.05) is 36.4 Å². The second-order valence-electron chi connectivity index (χ2n) is 8.91. The van der Waals surface area contributed by atoms with Gasteiger partial charge in [0.1, 0.15) is 11.4 Å². The minimum atomic E-state index is -0.683. The van der Waals surface area contributed by atoms with Crippen LogP contribution in [0.25, 0.3) is 38.4 Å². The van der Waals surface area contributed by atoms with E-state index in [0.717, 1.165) is 45.2 Å². The van der Waals surface area contributed by atoms with Gasteiger partial charge < -0.3 is 19.0 Å². The number of methoxy groups -OCH3 is 1. The lowest BCUT2D eigenvalue weighted by molar-refractivity contribution is -0.112. The van der Waals surface area contributed by atoms with E-state index in [1.807, 2.05) is 78.9 Å². The molecule has 1 N–H and O–H groups in total. The number of nitrogens with one attached hydrogen (secondary N) is 1. The summed E-state index contributed by atoms with van der Waals surface area (Å²) in [5.41, 5.74) is 5.48. The molecular weight excluding hydrogens is 462 g/mol. The van der Waals surface area contributed by atoms with E-state index in [4.69, 9.17) is 4.74 Å². The second kappa shape index (κ2) is 8.99. The van der Waals surface area contributed by atoms with E-state index < -0.39 is 11.7 Å². The van der Waals surface area contributed by atoms with Gasteiger partial charge in [0.15, 0.2) is 0 Å². The summed E-state index contributed by atoms with van der Waals surface area (Å²) in [5, 5.41) is 4.99. The number of anilines is 1. The van der Waals surface area contributed by atoms with E-state index in [2.05, 4.69) is 28.9 Å². The first-order valence-corrected chi connectivity index (χ1v) is 12.2. The van der Waals surface area contributed by atoms with E-state index in [-0.39, 0.29) is 0 Å². The monoisotopic (exact) mass is 487 g/mol. The van der Waals surface area contributed by atoms with Crippen LogP contribution < -0.4 is 10.1 Å². The van der Waals surface area contributed by atoms with Crippen LogP contribution in [-0.4, -0.2) is 27.8 Å². The number of aromatic nitrogens is 2. The quantitative estimate of drug-likeness (QED) is 0.214. The zero-order chi connectivity index (χ0) is 25.5. The van der Waals surface area contributed by atoms with Crippen LogP contribution in [0.5, 0.6) is 5.75 Å². The van der Waals surface area contributed by atoms with Gasteiger partial charge in [-0.25, -0.2) is 0 Å². The van der Waals surface area contributed by atoms with Crippen molar-refractivity contribution in [1.82, 2.24) is 8.97 Å². The predicted molar refractivity (Wildman–Crippen MR) is 147 cm³/mol. The van der Waals surface area contributed by atoms with E-state index in [0.29, 0.717) is 16.9 Å². The lowest BCUT2D eigenvalue weighted by Crippen LogP contribution is -2.24. The van der Waals surface area contributed by atoms with Crippen LogP contribution in [0.1, 0.15) is 17.4 Å². The Morgan fingerprint density at radius 2 is 1.59 bits per heavy atom. The number of Topliss-reactive ketones (excluding diaryl/α,β-unsaturated/α-hetero) is 1. The standard InChI is InChI=1S/C31H25N3O3/c1-3-33-27-10-5-4-9-24(27)26-18-21(13-16-28(26)33)32-31(36)30(35)29-25(19-22-8-6-7-17-34(22)29)20-11-14-23(37-2)15-12-20/h4-19H,3H2,1-2H3,(H,32,36). The molecule has 3 aromatic carbocycles. The first-order valence-electron chi connectivity index (χ1n) is 12.2. The summed E-state index contributed by atoms with van der Waals surface area (Å²) >= 11 is 0. The maximum atomic E-state index is 13.6. The molecular formula is C31H25N3O3. The third kappa shape index (κ3) is 3.74. The van der Waals surface area contributed by atoms with Crippen molar-refractivity contribution in [1.29, 1.82) is 0 Å². The van der Waals surface area contributed by atoms with Crippen LogP contribution >= 0.6 is 0 Å². The Morgan fingerprint density at radius 3 is 2.38 bits per heavy atom. The number of hydrogen-bond acceptors (Lipinski definition) is 3. The Labute approximate surface area is 213 Å². The molecule has 182 valence electrons. The number of pyridine rings is 1. The van der Waals surface area contributed by atoms with Gasteiger partial charge in [0.25, 0.3) is 11.7 Å². The molecule has 0 atom stereocenters. The number of hydrogen-bond donors (Lipinski definition) is 1. The van der Waals surface area contributed by atoms with Gasteiger partial charge in [-0.2, -0.15) is 0 Å². The molecule has 0 saturated heterocycles. The van der Waals surface area contributed by atoms with Crippen molar-refractivity contribution in [2.24, 2.45) is 0 Å². The predicted octanol–water partition coefficient (Wildman–Crippen LogP) is 6.56. The first kappa shape index (κ1) is 22.6. The summed E-state index contributed by atoms with van der Waals surface area (Å²) in [7, 11) is 1.61. The van der Waals surface area contributed by atoms with Crippen LogP contribution in [0.4, 0.5) is 5.69 Å². The molecule has 0 aliphatic rings. The van der Waals surface area contributed by atoms with Gasteiger partial charge in [0, 0.05) is 51.3 Å². The molecule has 6 rings (SSSR count). The highest BCUT2D eigenvalue weighted by Gasteiger charge is 2.25. The molecule has 3 heterocycles. The Balaban J connectivity index is 1.39. The number of carbonyl (C=O) groups excluding carboxylic acids is 2. The third-order valence-electron chi connectivity index (χ3n) is 6.85. The summed E-state index contributed by atoms with van der Waals surface area (Å²) < 4.78 is 9.28. The fraction of sp³-hybridized carbons (Fsp3) is 0.0968. The fourth-order valence-corrected chi connectivity index (χ4v) is 5.11. The van der Waals surface area contributed by atoms with E-state index >= 15 is 0 Å². The lowest BCUT2D eigenvalue weighted by atomic mass is 10.0. The molecule has 37 heavy (non-hydrogen) atoms. The summed E-state index contributed by atoms with van der Waals surface area (Å²) in [6.07, 6.45) is 1.80. The molecule has 0 spiro atoms. The number of benzene rings is 3. The number of rotatable bonds is 6. The number of nitrogens with zero attached hydrogens (tertiary/aromatic N) is 2. The molecule has 0 aliphatic carbocycles. The van der Waals surface area contributed by atoms with Crippen molar-refractivity contribution in [3.63, 3.8) is 0 Å². The number of ether oxygens (including phenoxy) is 1. The number of fused-ring (bicyclic) bond motifs is 4. The Kier molecular flexibility index (Phi) is 5.49. The third-order valence-corrected chi connectivity index (χ3v) is 6.85. The zero-order valence-corrected chi connectivity index (χ0v) is 20.6. The number of carbonyl (C=O) groups is 2. The van der Waals surface area contributed by atoms with E-state index in [9.17, 15) is 9.59 Å². The van der Waals surface area contributed by atoms with Crippen molar-refractivity contribution < 1.29 is 14.3 Å². The van der Waals surface area contributed by atoms with E-state index in [1.54, 1.807) is 17.7 Å². The molecule has 6 heteroatoms. The van der Waals surface area contributed by atoms with Crippen LogP contribution in [0.15, 0.2) is 97.2 Å². The van der Waals surface area contributed by atoms with E-state index in [1.165, 1.54) is 0 Å². The highest BCUT2D eigenvalue weighted by atomic mass is 16.5. The molecule has 0 bridgehead atoms. The van der Waals surface area contributed by atoms with Crippen LogP contribution in [0, 0.1) is 0 Å². The van der Waals surface area contributed by atoms with Crippen molar-refractivity contribution in [3.8, 4) is 16.9 Å². The van der Waals surface area contributed by atoms with Crippen molar-refractivity contribution in [3.05, 3.63) is 103 Å². The first-order chi connectivity index (χ1) is 18.1. The molecule has 0 unspecified atom stereocenters. The topological polar surface area (TPSA) is 64.7 Å². The van der Waals surface area contributed by atoms with Gasteiger partial charge in [-0.3, -0.25) is 9.59 Å².